The van der Waals surface area contributed by atoms with E-state index in [1.165, 1.54) is 28.6 Å². The molecule has 0 bridgehead atoms. The number of halogens is 1. The van der Waals surface area contributed by atoms with Crippen molar-refractivity contribution in [3.8, 4) is 0 Å². The van der Waals surface area contributed by atoms with Gasteiger partial charge in [0.15, 0.2) is 0 Å². The van der Waals surface area contributed by atoms with Gasteiger partial charge in [0.1, 0.15) is 17.4 Å². The highest BCUT2D eigenvalue weighted by molar-refractivity contribution is 8.00. The second-order valence-electron chi connectivity index (χ2n) is 3.63. The molecule has 2 rings (SSSR count). The molecule has 16 heavy (non-hydrogen) atoms. The molecule has 88 valence electrons. The van der Waals surface area contributed by atoms with Gasteiger partial charge in [0.25, 0.3) is 0 Å². The maximum absolute atomic E-state index is 13.6. The van der Waals surface area contributed by atoms with Gasteiger partial charge in [-0.15, -0.1) is 11.8 Å². The fourth-order valence-corrected chi connectivity index (χ4v) is 3.03. The molecule has 2 heterocycles. The van der Waals surface area contributed by atoms with Crippen LogP contribution in [0.5, 0.6) is 0 Å². The molecule has 3 atom stereocenters. The van der Waals surface area contributed by atoms with E-state index in [1.54, 1.807) is 0 Å². The van der Waals surface area contributed by atoms with E-state index in [0.29, 0.717) is 0 Å². The average Bonchev–Trinajstić information content (AvgIpc) is 2.60. The fourth-order valence-electron chi connectivity index (χ4n) is 1.68. The van der Waals surface area contributed by atoms with E-state index in [-0.39, 0.29) is 24.1 Å². The van der Waals surface area contributed by atoms with Gasteiger partial charge in [-0.05, 0) is 12.5 Å². The van der Waals surface area contributed by atoms with Crippen molar-refractivity contribution >= 4 is 17.6 Å². The minimum atomic E-state index is -1.15. The first-order valence-electron chi connectivity index (χ1n) is 4.87. The minimum Gasteiger partial charge on any atom is -0.395 e. The summed E-state index contributed by atoms with van der Waals surface area (Å²) in [4.78, 5) is 15.0. The molecule has 0 aromatic carbocycles. The predicted octanol–water partition coefficient (Wildman–Crippen LogP) is 0.160. The number of nitrogen functional groups attached to an aromatic ring is 1. The Bertz CT molecular complexity index is 439. The number of nitrogens with zero attached hydrogens (tertiary/aromatic N) is 2. The molecule has 0 aliphatic carbocycles. The minimum absolute atomic E-state index is 0.0846. The summed E-state index contributed by atoms with van der Waals surface area (Å²) in [6.07, 6.45) is 0.544. The molecule has 0 saturated carbocycles. The van der Waals surface area contributed by atoms with Gasteiger partial charge in [0.2, 0.25) is 0 Å². The number of thioether (sulfide) groups is 1. The zero-order chi connectivity index (χ0) is 11.7. The molecule has 5 nitrogen and oxygen atoms in total. The largest absolute Gasteiger partial charge is 0.395 e. The molecule has 1 aliphatic heterocycles. The molecule has 0 spiro atoms. The topological polar surface area (TPSA) is 81.1 Å². The first-order chi connectivity index (χ1) is 7.61. The lowest BCUT2D eigenvalue weighted by Gasteiger charge is -2.14. The molecule has 1 unspecified atom stereocenters. The first kappa shape index (κ1) is 11.4. The lowest BCUT2D eigenvalue weighted by Crippen LogP contribution is -2.28. The third-order valence-corrected chi connectivity index (χ3v) is 3.99. The Balaban J connectivity index is 2.28. The Morgan fingerprint density at radius 1 is 1.75 bits per heavy atom. The van der Waals surface area contributed by atoms with Crippen LogP contribution in [0.2, 0.25) is 0 Å². The lowest BCUT2D eigenvalue weighted by atomic mass is 10.2. The second kappa shape index (κ2) is 4.42. The van der Waals surface area contributed by atoms with Crippen LogP contribution in [0, 0.1) is 0 Å². The second-order valence-corrected chi connectivity index (χ2v) is 5.05. The first-order valence-corrected chi connectivity index (χ1v) is 5.81. The van der Waals surface area contributed by atoms with Gasteiger partial charge in [0, 0.05) is 11.4 Å². The van der Waals surface area contributed by atoms with E-state index in [2.05, 4.69) is 4.98 Å². The van der Waals surface area contributed by atoms with Gasteiger partial charge < -0.3 is 10.8 Å². The van der Waals surface area contributed by atoms with Crippen LogP contribution in [-0.2, 0) is 0 Å². The van der Waals surface area contributed by atoms with Crippen molar-refractivity contribution in [1.82, 2.24) is 9.55 Å². The Hall–Kier alpha value is -1.08. The summed E-state index contributed by atoms with van der Waals surface area (Å²) in [5.74, 6) is 0.123. The molecule has 0 radical (unpaired) electrons. The molecule has 7 heteroatoms. The average molecular weight is 245 g/mol. The Morgan fingerprint density at radius 3 is 3.06 bits per heavy atom. The van der Waals surface area contributed by atoms with Crippen molar-refractivity contribution in [2.45, 2.75) is 23.2 Å². The van der Waals surface area contributed by atoms with Crippen molar-refractivity contribution in [2.75, 3.05) is 12.3 Å². The van der Waals surface area contributed by atoms with Crippen LogP contribution < -0.4 is 11.4 Å². The number of rotatable bonds is 2. The highest BCUT2D eigenvalue weighted by Gasteiger charge is 2.36. The third-order valence-electron chi connectivity index (χ3n) is 2.46. The van der Waals surface area contributed by atoms with Crippen LogP contribution in [-0.4, -0.2) is 32.7 Å². The quantitative estimate of drug-likeness (QED) is 0.775. The van der Waals surface area contributed by atoms with Crippen LogP contribution in [0.1, 0.15) is 11.8 Å². The van der Waals surface area contributed by atoms with Gasteiger partial charge in [-0.3, -0.25) is 4.57 Å². The highest BCUT2D eigenvalue weighted by Crippen LogP contribution is 2.42. The fraction of sp³-hybridized carbons (Fsp3) is 0.556. The predicted molar refractivity (Wildman–Crippen MR) is 59.9 cm³/mol. The SMILES string of the molecule is Nc1ccn([C@@H]2SC(CO)C[C@@H]2F)c(=O)n1. The van der Waals surface area contributed by atoms with Crippen LogP contribution in [0.25, 0.3) is 0 Å². The van der Waals surface area contributed by atoms with Crippen LogP contribution >= 0.6 is 11.8 Å². The maximum Gasteiger partial charge on any atom is 0.350 e. The normalized spacial score (nSPS) is 29.5. The standard InChI is InChI=1S/C9H12FN3O2S/c10-6-3-5(4-14)16-8(6)13-2-1-7(11)12-9(13)15/h1-2,5-6,8,14H,3-4H2,(H2,11,12,15)/t5?,6-,8+/m0/s1. The molecule has 1 aromatic heterocycles. The smallest absolute Gasteiger partial charge is 0.350 e. The van der Waals surface area contributed by atoms with Crippen molar-refractivity contribution in [3.05, 3.63) is 22.7 Å². The highest BCUT2D eigenvalue weighted by atomic mass is 32.2. The monoisotopic (exact) mass is 245 g/mol. The van der Waals surface area contributed by atoms with Crippen molar-refractivity contribution in [1.29, 1.82) is 0 Å². The van der Waals surface area contributed by atoms with Gasteiger partial charge in [-0.1, -0.05) is 0 Å². The summed E-state index contributed by atoms with van der Waals surface area (Å²) in [6, 6.07) is 1.46. The van der Waals surface area contributed by atoms with Gasteiger partial charge in [-0.2, -0.15) is 4.98 Å². The molecule has 0 amide bonds. The number of nitrogens with two attached hydrogens (primary N) is 1. The number of hydrogen-bond donors (Lipinski definition) is 2. The number of aromatic nitrogens is 2. The number of hydrogen-bond acceptors (Lipinski definition) is 5. The molecule has 3 N–H and O–H groups in total. The van der Waals surface area contributed by atoms with Crippen molar-refractivity contribution < 1.29 is 9.50 Å². The van der Waals surface area contributed by atoms with Crippen LogP contribution in [0.15, 0.2) is 17.1 Å². The summed E-state index contributed by atoms with van der Waals surface area (Å²) < 4.78 is 14.9. The van der Waals surface area contributed by atoms with Crippen LogP contribution in [0.3, 0.4) is 0 Å². The Morgan fingerprint density at radius 2 is 2.50 bits per heavy atom. The maximum atomic E-state index is 13.6. The molecular formula is C9H12FN3O2S. The molecule has 1 aliphatic rings. The van der Waals surface area contributed by atoms with Gasteiger partial charge >= 0.3 is 5.69 Å². The molecular weight excluding hydrogens is 233 g/mol. The number of alkyl halides is 1. The Kier molecular flexibility index (Phi) is 3.15. The van der Waals surface area contributed by atoms with E-state index >= 15 is 0 Å². The molecule has 1 aromatic rings. The number of anilines is 1. The van der Waals surface area contributed by atoms with Crippen molar-refractivity contribution in [2.24, 2.45) is 0 Å². The summed E-state index contributed by atoms with van der Waals surface area (Å²) in [6.45, 7) is -0.0846. The van der Waals surface area contributed by atoms with E-state index < -0.39 is 17.2 Å². The van der Waals surface area contributed by atoms with Gasteiger partial charge in [-0.25, -0.2) is 9.18 Å². The van der Waals surface area contributed by atoms with E-state index in [1.807, 2.05) is 0 Å². The summed E-state index contributed by atoms with van der Waals surface area (Å²) >= 11 is 1.25. The molecule has 1 saturated heterocycles. The van der Waals surface area contributed by atoms with E-state index in [0.717, 1.165) is 0 Å². The van der Waals surface area contributed by atoms with Crippen LogP contribution in [0.4, 0.5) is 10.2 Å². The molecule has 1 fully saturated rings. The Labute approximate surface area is 95.5 Å². The van der Waals surface area contributed by atoms with Gasteiger partial charge in [0.05, 0.1) is 6.61 Å². The summed E-state index contributed by atoms with van der Waals surface area (Å²) in [7, 11) is 0. The number of aliphatic hydroxyl groups excluding tert-OH is 1. The van der Waals surface area contributed by atoms with Crippen molar-refractivity contribution in [3.63, 3.8) is 0 Å². The lowest BCUT2D eigenvalue weighted by molar-refractivity contribution is 0.248. The van der Waals surface area contributed by atoms with E-state index in [9.17, 15) is 9.18 Å². The summed E-state index contributed by atoms with van der Waals surface area (Å²) in [5, 5.41) is 8.18. The summed E-state index contributed by atoms with van der Waals surface area (Å²) in [5.41, 5.74) is 4.79. The third kappa shape index (κ3) is 2.05. The zero-order valence-electron chi connectivity index (χ0n) is 8.41. The van der Waals surface area contributed by atoms with E-state index in [4.69, 9.17) is 10.8 Å². The number of aliphatic hydroxyl groups is 1. The zero-order valence-corrected chi connectivity index (χ0v) is 9.23.